The summed E-state index contributed by atoms with van der Waals surface area (Å²) in [6, 6.07) is 12.4. The zero-order valence-corrected chi connectivity index (χ0v) is 15.6. The van der Waals surface area contributed by atoms with Crippen LogP contribution in [0.3, 0.4) is 0 Å². The Morgan fingerprint density at radius 3 is 2.36 bits per heavy atom. The van der Waals surface area contributed by atoms with Crippen molar-refractivity contribution < 1.29 is 14.3 Å². The maximum absolute atomic E-state index is 12.1. The Bertz CT molecular complexity index is 717. The van der Waals surface area contributed by atoms with Gasteiger partial charge < -0.3 is 20.1 Å². The number of hydrogen-bond acceptors (Lipinski definition) is 3. The van der Waals surface area contributed by atoms with Gasteiger partial charge in [-0.05, 0) is 48.7 Å². The third kappa shape index (κ3) is 5.57. The number of rotatable bonds is 6. The zero-order valence-electron chi connectivity index (χ0n) is 14.8. The predicted octanol–water partition coefficient (Wildman–Crippen LogP) is 5.02. The van der Waals surface area contributed by atoms with Gasteiger partial charge in [0.05, 0.1) is 12.8 Å². The van der Waals surface area contributed by atoms with Crippen LogP contribution in [0.25, 0.3) is 0 Å². The lowest BCUT2D eigenvalue weighted by Crippen LogP contribution is -2.39. The van der Waals surface area contributed by atoms with E-state index in [-0.39, 0.29) is 0 Å². The van der Waals surface area contributed by atoms with Gasteiger partial charge in [-0.15, -0.1) is 0 Å². The van der Waals surface area contributed by atoms with Gasteiger partial charge in [0.1, 0.15) is 11.5 Å². The second kappa shape index (κ2) is 8.62. The number of methoxy groups -OCH3 is 1. The topological polar surface area (TPSA) is 59.6 Å². The third-order valence-electron chi connectivity index (χ3n) is 3.60. The normalized spacial score (nSPS) is 11.8. The minimum absolute atomic E-state index is 0.410. The Morgan fingerprint density at radius 2 is 1.76 bits per heavy atom. The minimum Gasteiger partial charge on any atom is -0.495 e. The smallest absolute Gasteiger partial charge is 0.322 e. The summed E-state index contributed by atoms with van der Waals surface area (Å²) in [4.78, 5) is 12.1. The van der Waals surface area contributed by atoms with Crippen LogP contribution >= 0.6 is 11.6 Å². The quantitative estimate of drug-likeness (QED) is 0.709. The highest BCUT2D eigenvalue weighted by Gasteiger charge is 2.12. The molecular formula is C19H23ClN2O3. The largest absolute Gasteiger partial charge is 0.495 e. The molecule has 134 valence electrons. The molecule has 0 heterocycles. The predicted molar refractivity (Wildman–Crippen MR) is 101 cm³/mol. The maximum Gasteiger partial charge on any atom is 0.322 e. The number of anilines is 1. The van der Waals surface area contributed by atoms with E-state index in [4.69, 9.17) is 21.1 Å². The van der Waals surface area contributed by atoms with Gasteiger partial charge in [-0.25, -0.2) is 4.79 Å². The Labute approximate surface area is 153 Å². The second-order valence-electron chi connectivity index (χ2n) is 5.93. The number of amides is 2. The molecule has 0 aliphatic rings. The van der Waals surface area contributed by atoms with Crippen LogP contribution in [0.5, 0.6) is 11.5 Å². The third-order valence-corrected chi connectivity index (χ3v) is 3.84. The van der Waals surface area contributed by atoms with Gasteiger partial charge in [0.25, 0.3) is 0 Å². The van der Waals surface area contributed by atoms with Gasteiger partial charge in [0.15, 0.2) is 6.23 Å². The summed E-state index contributed by atoms with van der Waals surface area (Å²) in [7, 11) is 1.53. The fourth-order valence-electron chi connectivity index (χ4n) is 2.29. The van der Waals surface area contributed by atoms with E-state index in [9.17, 15) is 4.79 Å². The number of hydrogen-bond donors (Lipinski definition) is 2. The summed E-state index contributed by atoms with van der Waals surface area (Å²) >= 11 is 5.95. The summed E-state index contributed by atoms with van der Waals surface area (Å²) in [6.45, 7) is 6.02. The highest BCUT2D eigenvalue weighted by Crippen LogP contribution is 2.27. The molecule has 0 saturated heterocycles. The number of carbonyl (C=O) groups is 1. The molecule has 0 aromatic heterocycles. The van der Waals surface area contributed by atoms with E-state index < -0.39 is 12.3 Å². The molecule has 6 heteroatoms. The SMILES string of the molecule is COc1ccc(Cl)cc1NC(=O)NC(C)Oc1ccc(C(C)C)cc1. The van der Waals surface area contributed by atoms with Crippen molar-refractivity contribution in [3.63, 3.8) is 0 Å². The Morgan fingerprint density at radius 1 is 1.08 bits per heavy atom. The van der Waals surface area contributed by atoms with E-state index >= 15 is 0 Å². The maximum atomic E-state index is 12.1. The molecule has 1 atom stereocenters. The van der Waals surface area contributed by atoms with Gasteiger partial charge >= 0.3 is 6.03 Å². The van der Waals surface area contributed by atoms with Crippen LogP contribution in [-0.2, 0) is 0 Å². The highest BCUT2D eigenvalue weighted by atomic mass is 35.5. The van der Waals surface area contributed by atoms with Crippen LogP contribution in [0, 0.1) is 0 Å². The summed E-state index contributed by atoms with van der Waals surface area (Å²) in [5.74, 6) is 1.68. The molecule has 25 heavy (non-hydrogen) atoms. The monoisotopic (exact) mass is 362 g/mol. The van der Waals surface area contributed by atoms with Crippen molar-refractivity contribution in [1.82, 2.24) is 5.32 Å². The molecule has 2 amide bonds. The lowest BCUT2D eigenvalue weighted by molar-refractivity contribution is 0.183. The first-order valence-electron chi connectivity index (χ1n) is 8.06. The number of carbonyl (C=O) groups excluding carboxylic acids is 1. The van der Waals surface area contributed by atoms with Crippen LogP contribution in [0.2, 0.25) is 5.02 Å². The first-order valence-corrected chi connectivity index (χ1v) is 8.44. The molecule has 0 spiro atoms. The number of urea groups is 1. The second-order valence-corrected chi connectivity index (χ2v) is 6.36. The van der Waals surface area contributed by atoms with E-state index in [1.807, 2.05) is 24.3 Å². The fraction of sp³-hybridized carbons (Fsp3) is 0.316. The minimum atomic E-state index is -0.505. The molecule has 2 N–H and O–H groups in total. The summed E-state index contributed by atoms with van der Waals surface area (Å²) < 4.78 is 10.9. The van der Waals surface area contributed by atoms with Crippen molar-refractivity contribution in [1.29, 1.82) is 0 Å². The number of nitrogens with one attached hydrogen (secondary N) is 2. The van der Waals surface area contributed by atoms with Crippen molar-refractivity contribution in [3.05, 3.63) is 53.1 Å². The number of benzene rings is 2. The van der Waals surface area contributed by atoms with Gasteiger partial charge in [-0.1, -0.05) is 37.6 Å². The summed E-state index contributed by atoms with van der Waals surface area (Å²) in [5.41, 5.74) is 1.72. The van der Waals surface area contributed by atoms with Crippen LogP contribution in [0.15, 0.2) is 42.5 Å². The van der Waals surface area contributed by atoms with E-state index in [1.54, 1.807) is 25.1 Å². The molecule has 0 saturated carbocycles. The molecule has 5 nitrogen and oxygen atoms in total. The van der Waals surface area contributed by atoms with Gasteiger partial charge in [-0.2, -0.15) is 0 Å². The first-order chi connectivity index (χ1) is 11.9. The Kier molecular flexibility index (Phi) is 6.53. The fourth-order valence-corrected chi connectivity index (χ4v) is 2.46. The van der Waals surface area contributed by atoms with Crippen molar-refractivity contribution in [3.8, 4) is 11.5 Å². The standard InChI is InChI=1S/C19H23ClN2O3/c1-12(2)14-5-8-16(9-6-14)25-13(3)21-19(23)22-17-11-15(20)7-10-18(17)24-4/h5-13H,1-4H3,(H2,21,22,23). The van der Waals surface area contributed by atoms with Crippen LogP contribution in [-0.4, -0.2) is 19.4 Å². The van der Waals surface area contributed by atoms with Gasteiger partial charge in [-0.3, -0.25) is 0 Å². The van der Waals surface area contributed by atoms with Crippen molar-refractivity contribution in [2.75, 3.05) is 12.4 Å². The molecule has 0 radical (unpaired) electrons. The molecule has 0 bridgehead atoms. The van der Waals surface area contributed by atoms with Crippen molar-refractivity contribution in [2.45, 2.75) is 32.9 Å². The van der Waals surface area contributed by atoms with E-state index in [1.165, 1.54) is 12.7 Å². The highest BCUT2D eigenvalue weighted by molar-refractivity contribution is 6.31. The zero-order chi connectivity index (χ0) is 18.4. The van der Waals surface area contributed by atoms with Crippen molar-refractivity contribution >= 4 is 23.3 Å². The molecule has 2 aromatic carbocycles. The molecule has 1 unspecified atom stereocenters. The molecule has 2 aromatic rings. The average molecular weight is 363 g/mol. The Balaban J connectivity index is 1.93. The molecule has 0 fully saturated rings. The van der Waals surface area contributed by atoms with Crippen LogP contribution < -0.4 is 20.1 Å². The van der Waals surface area contributed by atoms with Gasteiger partial charge in [0, 0.05) is 5.02 Å². The first kappa shape index (κ1) is 18.9. The molecule has 0 aliphatic carbocycles. The Hall–Kier alpha value is -2.40. The molecule has 2 rings (SSSR count). The number of halogens is 1. The van der Waals surface area contributed by atoms with E-state index in [2.05, 4.69) is 24.5 Å². The number of ether oxygens (including phenoxy) is 2. The molecular weight excluding hydrogens is 340 g/mol. The average Bonchev–Trinajstić information content (AvgIpc) is 2.55. The summed E-state index contributed by atoms with van der Waals surface area (Å²) in [5, 5.41) is 5.92. The van der Waals surface area contributed by atoms with E-state index in [0.717, 1.165) is 0 Å². The molecule has 0 aliphatic heterocycles. The van der Waals surface area contributed by atoms with Gasteiger partial charge in [0.2, 0.25) is 0 Å². The van der Waals surface area contributed by atoms with Crippen LogP contribution in [0.4, 0.5) is 10.5 Å². The van der Waals surface area contributed by atoms with Crippen LogP contribution in [0.1, 0.15) is 32.3 Å². The lowest BCUT2D eigenvalue weighted by atomic mass is 10.0. The van der Waals surface area contributed by atoms with Crippen molar-refractivity contribution in [2.24, 2.45) is 0 Å². The lowest BCUT2D eigenvalue weighted by Gasteiger charge is -2.18. The summed E-state index contributed by atoms with van der Waals surface area (Å²) in [6.07, 6.45) is -0.505. The van der Waals surface area contributed by atoms with E-state index in [0.29, 0.717) is 28.1 Å².